The number of aliphatic hydroxyl groups is 1. The zero-order valence-electron chi connectivity index (χ0n) is 15.6. The Labute approximate surface area is 157 Å². The van der Waals surface area contributed by atoms with Crippen molar-refractivity contribution >= 4 is 10.9 Å². The zero-order chi connectivity index (χ0) is 19.4. The van der Waals surface area contributed by atoms with Crippen molar-refractivity contribution in [2.75, 3.05) is 20.8 Å². The SMILES string of the molecule is COC(OC)c1cc2ccc(Oc3ccccc3)cc2n(C(C)CO)c1=O. The lowest BCUT2D eigenvalue weighted by Crippen LogP contribution is -2.30. The maximum absolute atomic E-state index is 13.1. The molecule has 0 bridgehead atoms. The molecule has 0 aliphatic carbocycles. The standard InChI is InChI=1S/C21H23NO5/c1-14(13-23)22-19-12-17(27-16-7-5-4-6-8-16)10-9-15(19)11-18(20(22)24)21(25-2)26-3/h4-12,14,21,23H,13H2,1-3H3. The number of methoxy groups -OCH3 is 2. The van der Waals surface area contributed by atoms with E-state index in [2.05, 4.69) is 0 Å². The highest BCUT2D eigenvalue weighted by molar-refractivity contribution is 5.81. The predicted octanol–water partition coefficient (Wildman–Crippen LogP) is 3.64. The number of pyridine rings is 1. The number of fused-ring (bicyclic) bond motifs is 1. The van der Waals surface area contributed by atoms with E-state index in [1.165, 1.54) is 14.2 Å². The fourth-order valence-corrected chi connectivity index (χ4v) is 3.06. The molecule has 0 spiro atoms. The van der Waals surface area contributed by atoms with Crippen LogP contribution in [0.3, 0.4) is 0 Å². The number of para-hydroxylation sites is 1. The van der Waals surface area contributed by atoms with Gasteiger partial charge in [0.1, 0.15) is 11.5 Å². The molecule has 1 unspecified atom stereocenters. The van der Waals surface area contributed by atoms with Gasteiger partial charge in [0.15, 0.2) is 6.29 Å². The summed E-state index contributed by atoms with van der Waals surface area (Å²) < 4.78 is 18.0. The highest BCUT2D eigenvalue weighted by Gasteiger charge is 2.20. The average Bonchev–Trinajstić information content (AvgIpc) is 2.69. The summed E-state index contributed by atoms with van der Waals surface area (Å²) in [7, 11) is 2.96. The van der Waals surface area contributed by atoms with Crippen molar-refractivity contribution in [2.24, 2.45) is 0 Å². The van der Waals surface area contributed by atoms with Gasteiger partial charge in [0.05, 0.1) is 23.7 Å². The number of benzene rings is 2. The minimum absolute atomic E-state index is 0.174. The van der Waals surface area contributed by atoms with Crippen LogP contribution in [0.4, 0.5) is 0 Å². The van der Waals surface area contributed by atoms with E-state index in [4.69, 9.17) is 14.2 Å². The number of hydrogen-bond acceptors (Lipinski definition) is 5. The Morgan fingerprint density at radius 2 is 1.70 bits per heavy atom. The molecule has 3 aromatic rings. The van der Waals surface area contributed by atoms with Gasteiger partial charge in [-0.3, -0.25) is 4.79 Å². The van der Waals surface area contributed by atoms with Crippen LogP contribution in [0.2, 0.25) is 0 Å². The molecular weight excluding hydrogens is 346 g/mol. The van der Waals surface area contributed by atoms with Crippen molar-refractivity contribution in [1.82, 2.24) is 4.57 Å². The monoisotopic (exact) mass is 369 g/mol. The number of ether oxygens (including phenoxy) is 3. The van der Waals surface area contributed by atoms with Gasteiger partial charge in [-0.2, -0.15) is 0 Å². The second kappa shape index (κ2) is 8.35. The predicted molar refractivity (Wildman–Crippen MR) is 103 cm³/mol. The van der Waals surface area contributed by atoms with E-state index in [1.807, 2.05) is 42.5 Å². The molecule has 1 aromatic heterocycles. The van der Waals surface area contributed by atoms with Crippen LogP contribution in [0, 0.1) is 0 Å². The molecule has 0 aliphatic rings. The van der Waals surface area contributed by atoms with Crippen LogP contribution in [0.1, 0.15) is 24.8 Å². The third-order valence-corrected chi connectivity index (χ3v) is 4.40. The maximum atomic E-state index is 13.1. The van der Waals surface area contributed by atoms with Crippen molar-refractivity contribution in [2.45, 2.75) is 19.3 Å². The molecule has 27 heavy (non-hydrogen) atoms. The molecule has 0 radical (unpaired) electrons. The van der Waals surface area contributed by atoms with Gasteiger partial charge >= 0.3 is 0 Å². The zero-order valence-corrected chi connectivity index (χ0v) is 15.6. The van der Waals surface area contributed by atoms with Gasteiger partial charge in [0.25, 0.3) is 5.56 Å². The van der Waals surface area contributed by atoms with Crippen LogP contribution in [0.25, 0.3) is 10.9 Å². The fourth-order valence-electron chi connectivity index (χ4n) is 3.06. The molecule has 0 saturated carbocycles. The van der Waals surface area contributed by atoms with Crippen LogP contribution in [0.5, 0.6) is 11.5 Å². The van der Waals surface area contributed by atoms with Crippen LogP contribution >= 0.6 is 0 Å². The molecule has 1 N–H and O–H groups in total. The highest BCUT2D eigenvalue weighted by atomic mass is 16.7. The smallest absolute Gasteiger partial charge is 0.259 e. The first kappa shape index (κ1) is 19.1. The van der Waals surface area contributed by atoms with Crippen LogP contribution < -0.4 is 10.3 Å². The summed E-state index contributed by atoms with van der Waals surface area (Å²) in [5, 5.41) is 10.5. The average molecular weight is 369 g/mol. The highest BCUT2D eigenvalue weighted by Crippen LogP contribution is 2.28. The summed E-state index contributed by atoms with van der Waals surface area (Å²) >= 11 is 0. The van der Waals surface area contributed by atoms with Crippen molar-refractivity contribution in [3.63, 3.8) is 0 Å². The van der Waals surface area contributed by atoms with Crippen LogP contribution in [-0.4, -0.2) is 30.5 Å². The summed E-state index contributed by atoms with van der Waals surface area (Å²) in [4.78, 5) is 13.1. The van der Waals surface area contributed by atoms with Crippen molar-refractivity contribution in [1.29, 1.82) is 0 Å². The van der Waals surface area contributed by atoms with Crippen molar-refractivity contribution in [3.05, 3.63) is 70.5 Å². The summed E-state index contributed by atoms with van der Waals surface area (Å²) in [6, 6.07) is 16.3. The molecule has 3 rings (SSSR count). The quantitative estimate of drug-likeness (QED) is 0.644. The van der Waals surface area contributed by atoms with Gasteiger partial charge < -0.3 is 23.9 Å². The maximum Gasteiger partial charge on any atom is 0.259 e. The Morgan fingerprint density at radius 3 is 2.33 bits per heavy atom. The summed E-state index contributed by atoms with van der Waals surface area (Å²) in [5.74, 6) is 1.31. The van der Waals surface area contributed by atoms with E-state index < -0.39 is 12.3 Å². The Balaban J connectivity index is 2.17. The second-order valence-corrected chi connectivity index (χ2v) is 6.25. The van der Waals surface area contributed by atoms with Crippen molar-refractivity contribution in [3.8, 4) is 11.5 Å². The van der Waals surface area contributed by atoms with Crippen molar-refractivity contribution < 1.29 is 19.3 Å². The first-order chi connectivity index (χ1) is 13.1. The van der Waals surface area contributed by atoms with Gasteiger partial charge in [-0.1, -0.05) is 18.2 Å². The lowest BCUT2D eigenvalue weighted by molar-refractivity contribution is -0.107. The fraction of sp³-hybridized carbons (Fsp3) is 0.286. The number of rotatable bonds is 7. The van der Waals surface area contributed by atoms with E-state index in [-0.39, 0.29) is 12.2 Å². The van der Waals surface area contributed by atoms with Gasteiger partial charge in [0, 0.05) is 20.3 Å². The van der Waals surface area contributed by atoms with E-state index >= 15 is 0 Å². The first-order valence-corrected chi connectivity index (χ1v) is 8.67. The van der Waals surface area contributed by atoms with Gasteiger partial charge in [-0.25, -0.2) is 0 Å². The largest absolute Gasteiger partial charge is 0.457 e. The number of aromatic nitrogens is 1. The number of aliphatic hydroxyl groups excluding tert-OH is 1. The Morgan fingerprint density at radius 1 is 1.00 bits per heavy atom. The van der Waals surface area contributed by atoms with Crippen LogP contribution in [0.15, 0.2) is 59.4 Å². The molecule has 0 aliphatic heterocycles. The molecule has 0 fully saturated rings. The molecule has 0 amide bonds. The van der Waals surface area contributed by atoms with Gasteiger partial charge in [-0.15, -0.1) is 0 Å². The molecule has 6 nitrogen and oxygen atoms in total. The molecule has 1 atom stereocenters. The summed E-state index contributed by atoms with van der Waals surface area (Å²) in [6.45, 7) is 1.61. The molecule has 0 saturated heterocycles. The summed E-state index contributed by atoms with van der Waals surface area (Å²) in [5.41, 5.74) is 0.781. The van der Waals surface area contributed by atoms with E-state index in [9.17, 15) is 9.90 Å². The lowest BCUT2D eigenvalue weighted by Gasteiger charge is -2.21. The second-order valence-electron chi connectivity index (χ2n) is 6.25. The van der Waals surface area contributed by atoms with E-state index in [1.54, 1.807) is 23.6 Å². The number of nitrogens with zero attached hydrogens (tertiary/aromatic N) is 1. The molecular formula is C21H23NO5. The van der Waals surface area contributed by atoms with E-state index in [0.717, 1.165) is 5.39 Å². The normalized spacial score (nSPS) is 12.5. The van der Waals surface area contributed by atoms with Gasteiger partial charge in [0.2, 0.25) is 0 Å². The molecule has 2 aromatic carbocycles. The third kappa shape index (κ3) is 3.88. The van der Waals surface area contributed by atoms with Gasteiger partial charge in [-0.05, 0) is 42.6 Å². The molecule has 6 heteroatoms. The Hall–Kier alpha value is -2.67. The van der Waals surface area contributed by atoms with Crippen LogP contribution in [-0.2, 0) is 9.47 Å². The molecule has 1 heterocycles. The minimum atomic E-state index is -0.778. The number of hydrogen-bond donors (Lipinski definition) is 1. The Kier molecular flexibility index (Phi) is 5.91. The Bertz CT molecular complexity index is 963. The first-order valence-electron chi connectivity index (χ1n) is 8.67. The summed E-state index contributed by atoms with van der Waals surface area (Å²) in [6.07, 6.45) is -0.778. The minimum Gasteiger partial charge on any atom is -0.457 e. The topological polar surface area (TPSA) is 69.9 Å². The molecule has 142 valence electrons. The lowest BCUT2D eigenvalue weighted by atomic mass is 10.1. The van der Waals surface area contributed by atoms with E-state index in [0.29, 0.717) is 22.6 Å². The third-order valence-electron chi connectivity index (χ3n) is 4.40.